The zero-order valence-electron chi connectivity index (χ0n) is 16.3. The van der Waals surface area contributed by atoms with Crippen LogP contribution in [-0.2, 0) is 19.6 Å². The Morgan fingerprint density at radius 2 is 1.81 bits per heavy atom. The van der Waals surface area contributed by atoms with Crippen molar-refractivity contribution in [3.8, 4) is 5.75 Å². The molecule has 1 aliphatic heterocycles. The summed E-state index contributed by atoms with van der Waals surface area (Å²) in [6.45, 7) is -3.32. The monoisotopic (exact) mass is 530 g/mol. The summed E-state index contributed by atoms with van der Waals surface area (Å²) in [5, 5.41) is 0.573. The number of hydrogen-bond acceptors (Lipinski definition) is 5. The zero-order chi connectivity index (χ0) is 22.8. The fraction of sp³-hybridized carbons (Fsp3) is 0.316. The molecule has 1 heterocycles. The highest BCUT2D eigenvalue weighted by Gasteiger charge is 2.38. The molecule has 13 heteroatoms. The number of nitrogens with zero attached hydrogens (tertiary/aromatic N) is 1. The van der Waals surface area contributed by atoms with E-state index in [9.17, 15) is 22.0 Å². The second-order valence-corrected chi connectivity index (χ2v) is 9.44. The number of carbonyl (C=O) groups excluding carboxylic acids is 1. The first-order valence-electron chi connectivity index (χ1n) is 9.00. The van der Waals surface area contributed by atoms with Crippen LogP contribution >= 0.6 is 35.6 Å². The molecule has 1 fully saturated rings. The van der Waals surface area contributed by atoms with Crippen molar-refractivity contribution in [3.05, 3.63) is 58.1 Å². The number of benzene rings is 2. The van der Waals surface area contributed by atoms with Gasteiger partial charge in [0, 0.05) is 13.1 Å². The van der Waals surface area contributed by atoms with Crippen molar-refractivity contribution in [3.63, 3.8) is 0 Å². The van der Waals surface area contributed by atoms with E-state index in [1.54, 1.807) is 12.1 Å². The van der Waals surface area contributed by atoms with Gasteiger partial charge in [0.2, 0.25) is 15.9 Å². The molecule has 3 rings (SSSR count). The summed E-state index contributed by atoms with van der Waals surface area (Å²) in [5.41, 5.74) is 6.09. The summed E-state index contributed by atoms with van der Waals surface area (Å²) in [4.78, 5) is 12.0. The van der Waals surface area contributed by atoms with Gasteiger partial charge in [0.05, 0.1) is 33.6 Å². The lowest BCUT2D eigenvalue weighted by Crippen LogP contribution is -2.40. The molecule has 176 valence electrons. The Morgan fingerprint density at radius 3 is 2.38 bits per heavy atom. The van der Waals surface area contributed by atoms with E-state index in [4.69, 9.17) is 33.7 Å². The molecule has 0 unspecified atom stereocenters. The fourth-order valence-electron chi connectivity index (χ4n) is 3.22. The number of alkyl halides is 2. The lowest BCUT2D eigenvalue weighted by atomic mass is 9.95. The van der Waals surface area contributed by atoms with Gasteiger partial charge in [0.1, 0.15) is 5.75 Å². The molecule has 2 N–H and O–H groups in total. The average Bonchev–Trinajstić information content (AvgIpc) is 2.94. The highest BCUT2D eigenvalue weighted by atomic mass is 35.5. The molecule has 0 aliphatic carbocycles. The maximum Gasteiger partial charge on any atom is 0.387 e. The van der Waals surface area contributed by atoms with Crippen LogP contribution < -0.4 is 10.5 Å². The first-order valence-corrected chi connectivity index (χ1v) is 11.2. The number of halogens is 5. The van der Waals surface area contributed by atoms with Crippen LogP contribution in [0, 0.1) is 5.92 Å². The number of amides is 1. The third kappa shape index (κ3) is 6.00. The Morgan fingerprint density at radius 1 is 1.16 bits per heavy atom. The Bertz CT molecular complexity index is 1060. The second-order valence-electron chi connectivity index (χ2n) is 6.69. The van der Waals surface area contributed by atoms with Crippen molar-refractivity contribution < 1.29 is 31.5 Å². The van der Waals surface area contributed by atoms with Crippen LogP contribution in [0.5, 0.6) is 5.75 Å². The minimum Gasteiger partial charge on any atom is -0.435 e. The van der Waals surface area contributed by atoms with Gasteiger partial charge in [0.25, 0.3) is 0 Å². The van der Waals surface area contributed by atoms with Crippen molar-refractivity contribution in [2.24, 2.45) is 11.7 Å². The second kappa shape index (κ2) is 11.0. The third-order valence-electron chi connectivity index (χ3n) is 4.73. The molecule has 2 aromatic rings. The van der Waals surface area contributed by atoms with Crippen LogP contribution in [0.15, 0.2) is 47.4 Å². The van der Waals surface area contributed by atoms with Crippen LogP contribution in [0.3, 0.4) is 0 Å². The number of hydrogen-bond donors (Lipinski definition) is 1. The maximum atomic E-state index is 13.1. The topological polar surface area (TPSA) is 98.9 Å². The lowest BCUT2D eigenvalue weighted by Gasteiger charge is -2.25. The van der Waals surface area contributed by atoms with E-state index in [1.165, 1.54) is 6.07 Å². The molecular weight excluding hydrogens is 513 g/mol. The minimum absolute atomic E-state index is 0. The van der Waals surface area contributed by atoms with Gasteiger partial charge in [0.15, 0.2) is 0 Å². The van der Waals surface area contributed by atoms with Gasteiger partial charge in [-0.2, -0.15) is 13.1 Å². The highest BCUT2D eigenvalue weighted by Crippen LogP contribution is 2.34. The van der Waals surface area contributed by atoms with Crippen molar-refractivity contribution >= 4 is 51.5 Å². The summed E-state index contributed by atoms with van der Waals surface area (Å²) >= 11 is 12.0. The number of sulfonamides is 1. The predicted octanol–water partition coefficient (Wildman–Crippen LogP) is 3.88. The van der Waals surface area contributed by atoms with E-state index < -0.39 is 34.6 Å². The number of nitrogens with two attached hydrogens (primary N) is 1. The lowest BCUT2D eigenvalue weighted by molar-refractivity contribution is -0.126. The predicted molar refractivity (Wildman–Crippen MR) is 117 cm³/mol. The van der Waals surface area contributed by atoms with Gasteiger partial charge in [-0.25, -0.2) is 8.42 Å². The SMILES string of the molecule is Cl.NC(=O)[C@@H]1CN(S(=O)(=O)c2ccc(OC(F)F)cc2)CCO[C@H]1c1ccc(Cl)c(Cl)c1. The number of primary amides is 1. The Labute approximate surface area is 199 Å². The van der Waals surface area contributed by atoms with Crippen LogP contribution in [-0.4, -0.2) is 44.9 Å². The standard InChI is InChI=1S/C19H18Cl2F2N2O5S.ClH/c20-15-6-1-11(9-16(15)21)17-14(18(24)26)10-25(7-8-29-17)31(27,28)13-4-2-12(3-5-13)30-19(22)23;/h1-6,9,14,17,19H,7-8,10H2,(H2,24,26);1H/t14-,17+;/m1./s1. The van der Waals surface area contributed by atoms with Gasteiger partial charge in [-0.1, -0.05) is 29.3 Å². The normalized spacial score (nSPS) is 19.8. The Balaban J connectivity index is 0.00000363. The first-order chi connectivity index (χ1) is 14.6. The van der Waals surface area contributed by atoms with Crippen LogP contribution in [0.2, 0.25) is 10.0 Å². The molecule has 0 saturated carbocycles. The first kappa shape index (κ1) is 26.6. The summed E-state index contributed by atoms with van der Waals surface area (Å²) in [5.74, 6) is -1.93. The van der Waals surface area contributed by atoms with Crippen LogP contribution in [0.4, 0.5) is 8.78 Å². The number of carbonyl (C=O) groups is 1. The van der Waals surface area contributed by atoms with E-state index in [0.717, 1.165) is 28.6 Å². The zero-order valence-corrected chi connectivity index (χ0v) is 19.4. The van der Waals surface area contributed by atoms with E-state index in [1.807, 2.05) is 0 Å². The molecule has 2 aromatic carbocycles. The van der Waals surface area contributed by atoms with Gasteiger partial charge < -0.3 is 15.2 Å². The molecule has 0 radical (unpaired) electrons. The molecule has 2 atom stereocenters. The van der Waals surface area contributed by atoms with Crippen LogP contribution in [0.25, 0.3) is 0 Å². The highest BCUT2D eigenvalue weighted by molar-refractivity contribution is 7.89. The maximum absolute atomic E-state index is 13.1. The van der Waals surface area contributed by atoms with Gasteiger partial charge in [-0.3, -0.25) is 4.79 Å². The van der Waals surface area contributed by atoms with Crippen molar-refractivity contribution in [1.29, 1.82) is 0 Å². The summed E-state index contributed by atoms with van der Waals surface area (Å²) in [6.07, 6.45) is -0.825. The molecule has 0 aromatic heterocycles. The summed E-state index contributed by atoms with van der Waals surface area (Å²) < 4.78 is 61.8. The number of ether oxygens (including phenoxy) is 2. The minimum atomic E-state index is -4.06. The summed E-state index contributed by atoms with van der Waals surface area (Å²) in [6, 6.07) is 9.25. The van der Waals surface area contributed by atoms with Crippen molar-refractivity contribution in [2.45, 2.75) is 17.6 Å². The smallest absolute Gasteiger partial charge is 0.387 e. The number of rotatable bonds is 6. The molecule has 1 saturated heterocycles. The molecule has 0 spiro atoms. The molecule has 1 aliphatic rings. The Hall–Kier alpha value is -1.69. The van der Waals surface area contributed by atoms with E-state index in [2.05, 4.69) is 4.74 Å². The Kier molecular flexibility index (Phi) is 9.09. The van der Waals surface area contributed by atoms with E-state index >= 15 is 0 Å². The molecule has 0 bridgehead atoms. The van der Waals surface area contributed by atoms with E-state index in [0.29, 0.717) is 10.6 Å². The quantitative estimate of drug-likeness (QED) is 0.610. The molecular formula is C19H19Cl3F2N2O5S. The van der Waals surface area contributed by atoms with Gasteiger partial charge in [-0.05, 0) is 42.0 Å². The molecule has 1 amide bonds. The largest absolute Gasteiger partial charge is 0.435 e. The fourth-order valence-corrected chi connectivity index (χ4v) is 4.98. The van der Waals surface area contributed by atoms with Crippen LogP contribution in [0.1, 0.15) is 11.7 Å². The third-order valence-corrected chi connectivity index (χ3v) is 7.35. The average molecular weight is 532 g/mol. The molecule has 7 nitrogen and oxygen atoms in total. The van der Waals surface area contributed by atoms with E-state index in [-0.39, 0.29) is 47.8 Å². The molecule has 32 heavy (non-hydrogen) atoms. The van der Waals surface area contributed by atoms with Crippen molar-refractivity contribution in [1.82, 2.24) is 4.31 Å². The van der Waals surface area contributed by atoms with Gasteiger partial charge in [-0.15, -0.1) is 12.4 Å². The van der Waals surface area contributed by atoms with Gasteiger partial charge >= 0.3 is 6.61 Å². The summed E-state index contributed by atoms with van der Waals surface area (Å²) in [7, 11) is -4.06. The van der Waals surface area contributed by atoms with Crippen molar-refractivity contribution in [2.75, 3.05) is 19.7 Å².